The highest BCUT2D eigenvalue weighted by Gasteiger charge is 2.28. The maximum absolute atomic E-state index is 13.2. The van der Waals surface area contributed by atoms with Crippen molar-refractivity contribution >= 4 is 11.3 Å². The minimum atomic E-state index is -0.287. The van der Waals surface area contributed by atoms with Crippen LogP contribution < -0.4 is 4.74 Å². The van der Waals surface area contributed by atoms with Crippen LogP contribution in [0.5, 0.6) is 5.75 Å². The van der Waals surface area contributed by atoms with Crippen LogP contribution in [0.2, 0.25) is 0 Å². The molecule has 2 aromatic rings. The van der Waals surface area contributed by atoms with Gasteiger partial charge >= 0.3 is 0 Å². The van der Waals surface area contributed by atoms with E-state index in [2.05, 4.69) is 16.0 Å². The molecule has 1 saturated heterocycles. The summed E-state index contributed by atoms with van der Waals surface area (Å²) in [6.07, 6.45) is 1.72. The number of ether oxygens (including phenoxy) is 1. The van der Waals surface area contributed by atoms with Gasteiger partial charge in [0.05, 0.1) is 22.2 Å². The van der Waals surface area contributed by atoms with E-state index in [1.165, 1.54) is 23.5 Å². The summed E-state index contributed by atoms with van der Waals surface area (Å²) in [5.74, 6) is 0.281. The summed E-state index contributed by atoms with van der Waals surface area (Å²) < 4.78 is 19.1. The Morgan fingerprint density at radius 2 is 2.22 bits per heavy atom. The predicted octanol–water partition coefficient (Wildman–Crippen LogP) is 3.70. The zero-order valence-corrected chi connectivity index (χ0v) is 13.7. The number of nitrogens with zero attached hydrogens (tertiary/aromatic N) is 3. The Kier molecular flexibility index (Phi) is 4.89. The molecule has 1 fully saturated rings. The molecule has 4 nitrogen and oxygen atoms in total. The molecule has 23 heavy (non-hydrogen) atoms. The van der Waals surface area contributed by atoms with Crippen LogP contribution in [0.4, 0.5) is 4.39 Å². The van der Waals surface area contributed by atoms with Crippen molar-refractivity contribution < 1.29 is 9.13 Å². The van der Waals surface area contributed by atoms with Gasteiger partial charge in [0, 0.05) is 19.2 Å². The molecule has 0 spiro atoms. The number of rotatable bonds is 4. The fourth-order valence-electron chi connectivity index (χ4n) is 2.86. The summed E-state index contributed by atoms with van der Waals surface area (Å²) in [4.78, 5) is 7.44. The molecule has 1 unspecified atom stereocenters. The molecule has 0 radical (unpaired) electrons. The Labute approximate surface area is 139 Å². The van der Waals surface area contributed by atoms with Crippen LogP contribution in [0.15, 0.2) is 29.8 Å². The highest BCUT2D eigenvalue weighted by Crippen LogP contribution is 2.30. The predicted molar refractivity (Wildman–Crippen MR) is 86.8 cm³/mol. The second-order valence-electron chi connectivity index (χ2n) is 5.64. The molecule has 120 valence electrons. The van der Waals surface area contributed by atoms with Gasteiger partial charge in [0.25, 0.3) is 0 Å². The van der Waals surface area contributed by atoms with Crippen LogP contribution in [0.25, 0.3) is 0 Å². The minimum Gasteiger partial charge on any atom is -0.490 e. The maximum atomic E-state index is 13.2. The van der Waals surface area contributed by atoms with Crippen molar-refractivity contribution in [1.82, 2.24) is 9.88 Å². The van der Waals surface area contributed by atoms with E-state index < -0.39 is 0 Å². The molecule has 0 saturated carbocycles. The fourth-order valence-corrected chi connectivity index (χ4v) is 3.74. The van der Waals surface area contributed by atoms with E-state index in [4.69, 9.17) is 4.74 Å². The van der Waals surface area contributed by atoms with Crippen molar-refractivity contribution in [3.63, 3.8) is 0 Å². The summed E-state index contributed by atoms with van der Waals surface area (Å²) in [5.41, 5.74) is 2.72. The van der Waals surface area contributed by atoms with Gasteiger partial charge in [0.2, 0.25) is 0 Å². The molecule has 0 bridgehead atoms. The Morgan fingerprint density at radius 1 is 1.43 bits per heavy atom. The normalized spacial score (nSPS) is 17.6. The summed E-state index contributed by atoms with van der Waals surface area (Å²) >= 11 is 1.53. The average Bonchev–Trinajstić information content (AvgIpc) is 2.96. The van der Waals surface area contributed by atoms with Gasteiger partial charge < -0.3 is 4.74 Å². The number of thiazole rings is 1. The molecule has 1 atom stereocenters. The highest BCUT2D eigenvalue weighted by molar-refractivity contribution is 7.09. The quantitative estimate of drug-likeness (QED) is 0.857. The van der Waals surface area contributed by atoms with Crippen molar-refractivity contribution in [3.05, 3.63) is 46.2 Å². The Morgan fingerprint density at radius 3 is 2.83 bits per heavy atom. The lowest BCUT2D eigenvalue weighted by molar-refractivity contribution is 0.0883. The molecule has 1 aliphatic rings. The molecule has 0 amide bonds. The molecule has 1 aromatic carbocycles. The van der Waals surface area contributed by atoms with E-state index in [-0.39, 0.29) is 18.0 Å². The van der Waals surface area contributed by atoms with Crippen molar-refractivity contribution in [2.75, 3.05) is 13.1 Å². The second kappa shape index (κ2) is 7.07. The maximum Gasteiger partial charge on any atom is 0.134 e. The van der Waals surface area contributed by atoms with Crippen LogP contribution in [0, 0.1) is 24.1 Å². The van der Waals surface area contributed by atoms with Gasteiger partial charge in [-0.3, -0.25) is 4.90 Å². The second-order valence-corrected chi connectivity index (χ2v) is 6.53. The number of likely N-dealkylation sites (tertiary alicyclic amines) is 1. The van der Waals surface area contributed by atoms with Crippen molar-refractivity contribution in [1.29, 1.82) is 5.26 Å². The van der Waals surface area contributed by atoms with E-state index in [1.807, 2.05) is 6.92 Å². The number of aryl methyl sites for hydroxylation is 1. The SMILES string of the molecule is Cc1ncsc1C(C#N)N1CCC(Oc2cccc(F)c2)CC1. The lowest BCUT2D eigenvalue weighted by atomic mass is 10.0. The van der Waals surface area contributed by atoms with Crippen molar-refractivity contribution in [2.24, 2.45) is 0 Å². The molecule has 0 aliphatic carbocycles. The minimum absolute atomic E-state index is 0.0648. The Balaban J connectivity index is 1.60. The van der Waals surface area contributed by atoms with Crippen LogP contribution >= 0.6 is 11.3 Å². The smallest absolute Gasteiger partial charge is 0.134 e. The fraction of sp³-hybridized carbons (Fsp3) is 0.412. The molecule has 2 heterocycles. The van der Waals surface area contributed by atoms with Gasteiger partial charge in [-0.2, -0.15) is 5.26 Å². The molecule has 1 aromatic heterocycles. The first kappa shape index (κ1) is 15.9. The van der Waals surface area contributed by atoms with Gasteiger partial charge in [-0.15, -0.1) is 11.3 Å². The zero-order chi connectivity index (χ0) is 16.2. The zero-order valence-electron chi connectivity index (χ0n) is 12.9. The van der Waals surface area contributed by atoms with Crippen LogP contribution in [0.3, 0.4) is 0 Å². The number of piperidine rings is 1. The standard InChI is InChI=1S/C17H18FN3OS/c1-12-17(23-11-20-12)16(10-19)21-7-5-14(6-8-21)22-15-4-2-3-13(18)9-15/h2-4,9,11,14,16H,5-8H2,1H3. The number of aromatic nitrogens is 1. The van der Waals surface area contributed by atoms with Gasteiger partial charge in [-0.1, -0.05) is 6.07 Å². The third-order valence-corrected chi connectivity index (χ3v) is 5.08. The summed E-state index contributed by atoms with van der Waals surface area (Å²) in [6, 6.07) is 8.39. The number of hydrogen-bond acceptors (Lipinski definition) is 5. The van der Waals surface area contributed by atoms with E-state index in [1.54, 1.807) is 17.6 Å². The molecular formula is C17H18FN3OS. The van der Waals surface area contributed by atoms with Gasteiger partial charge in [0.1, 0.15) is 23.7 Å². The number of halogens is 1. The topological polar surface area (TPSA) is 49.2 Å². The first-order chi connectivity index (χ1) is 11.2. The van der Waals surface area contributed by atoms with Crippen LogP contribution in [-0.4, -0.2) is 29.1 Å². The summed E-state index contributed by atoms with van der Waals surface area (Å²) in [5, 5.41) is 9.52. The number of hydrogen-bond donors (Lipinski definition) is 0. The van der Waals surface area contributed by atoms with E-state index in [0.29, 0.717) is 5.75 Å². The molecule has 0 N–H and O–H groups in total. The first-order valence-corrected chi connectivity index (χ1v) is 8.51. The van der Waals surface area contributed by atoms with Crippen LogP contribution in [0.1, 0.15) is 29.5 Å². The Hall–Kier alpha value is -1.97. The molecular weight excluding hydrogens is 313 g/mol. The summed E-state index contributed by atoms with van der Waals surface area (Å²) in [7, 11) is 0. The molecule has 6 heteroatoms. The lowest BCUT2D eigenvalue weighted by Gasteiger charge is -2.34. The number of benzene rings is 1. The van der Waals surface area contributed by atoms with Crippen molar-refractivity contribution in [2.45, 2.75) is 31.9 Å². The molecule has 3 rings (SSSR count). The van der Waals surface area contributed by atoms with Gasteiger partial charge in [0.15, 0.2) is 0 Å². The van der Waals surface area contributed by atoms with Crippen LogP contribution in [-0.2, 0) is 0 Å². The van der Waals surface area contributed by atoms with Gasteiger partial charge in [-0.25, -0.2) is 9.37 Å². The third-order valence-electron chi connectivity index (χ3n) is 4.09. The third kappa shape index (κ3) is 3.69. The van der Waals surface area contributed by atoms with E-state index in [0.717, 1.165) is 36.5 Å². The average molecular weight is 331 g/mol. The number of nitriles is 1. The largest absolute Gasteiger partial charge is 0.490 e. The van der Waals surface area contributed by atoms with E-state index >= 15 is 0 Å². The van der Waals surface area contributed by atoms with Gasteiger partial charge in [-0.05, 0) is 31.9 Å². The van der Waals surface area contributed by atoms with E-state index in [9.17, 15) is 9.65 Å². The lowest BCUT2D eigenvalue weighted by Crippen LogP contribution is -2.40. The van der Waals surface area contributed by atoms with Crippen molar-refractivity contribution in [3.8, 4) is 11.8 Å². The highest BCUT2D eigenvalue weighted by atomic mass is 32.1. The summed E-state index contributed by atoms with van der Waals surface area (Å²) in [6.45, 7) is 3.51. The Bertz CT molecular complexity index is 704. The molecule has 1 aliphatic heterocycles. The first-order valence-electron chi connectivity index (χ1n) is 7.63. The monoisotopic (exact) mass is 331 g/mol.